The Morgan fingerprint density at radius 3 is 2.58 bits per heavy atom. The van der Waals surface area contributed by atoms with Crippen LogP contribution in [0.4, 0.5) is 0 Å². The van der Waals surface area contributed by atoms with Crippen LogP contribution in [0.2, 0.25) is 0 Å². The fraction of sp³-hybridized carbons (Fsp3) is 0.421. The molecule has 1 aliphatic heterocycles. The zero-order chi connectivity index (χ0) is 16.9. The van der Waals surface area contributed by atoms with Crippen molar-refractivity contribution in [2.75, 3.05) is 0 Å². The lowest BCUT2D eigenvalue weighted by Crippen LogP contribution is -2.42. The van der Waals surface area contributed by atoms with E-state index in [1.807, 2.05) is 12.4 Å². The molecule has 5 heteroatoms. The second-order valence-electron chi connectivity index (χ2n) is 7.65. The van der Waals surface area contributed by atoms with Crippen molar-refractivity contribution >= 4 is 16.9 Å². The molecule has 1 aromatic heterocycles. The Kier molecular flexibility index (Phi) is 3.46. The average Bonchev–Trinajstić information content (AvgIpc) is 2.81. The number of aromatic nitrogens is 2. The maximum atomic E-state index is 6.12. The lowest BCUT2D eigenvalue weighted by atomic mass is 9.64. The number of nitrogens with zero attached hydrogens (tertiary/aromatic N) is 3. The van der Waals surface area contributed by atoms with E-state index in [-0.39, 0.29) is 11.0 Å². The zero-order valence-corrected chi connectivity index (χ0v) is 15.1. The molecular weight excluding hydrogens is 316 g/mol. The molecule has 1 aromatic carbocycles. The Morgan fingerprint density at radius 1 is 1.17 bits per heavy atom. The summed E-state index contributed by atoms with van der Waals surface area (Å²) in [5, 5.41) is 1.05. The van der Waals surface area contributed by atoms with Crippen molar-refractivity contribution in [2.45, 2.75) is 44.4 Å². The molecule has 1 unspecified atom stereocenters. The van der Waals surface area contributed by atoms with Gasteiger partial charge >= 0.3 is 0 Å². The van der Waals surface area contributed by atoms with Gasteiger partial charge in [-0.05, 0) is 41.0 Å². The minimum absolute atomic E-state index is 0.216. The molecule has 124 valence electrons. The highest BCUT2D eigenvalue weighted by atomic mass is 32.2. The highest BCUT2D eigenvalue weighted by Crippen LogP contribution is 2.54. The first-order valence-corrected chi connectivity index (χ1v) is 9.18. The van der Waals surface area contributed by atoms with Crippen molar-refractivity contribution in [1.82, 2.24) is 9.97 Å². The molecule has 0 amide bonds. The summed E-state index contributed by atoms with van der Waals surface area (Å²) in [5.74, 6) is 0. The minimum atomic E-state index is -0.225. The van der Waals surface area contributed by atoms with E-state index < -0.39 is 0 Å². The summed E-state index contributed by atoms with van der Waals surface area (Å²) < 4.78 is 0. The van der Waals surface area contributed by atoms with E-state index in [0.717, 1.165) is 24.0 Å². The summed E-state index contributed by atoms with van der Waals surface area (Å²) in [6.45, 7) is 6.91. The van der Waals surface area contributed by atoms with E-state index in [0.29, 0.717) is 10.4 Å². The van der Waals surface area contributed by atoms with Crippen molar-refractivity contribution in [2.24, 2.45) is 16.1 Å². The number of thioether (sulfide) groups is 1. The van der Waals surface area contributed by atoms with Gasteiger partial charge in [-0.1, -0.05) is 44.7 Å². The largest absolute Gasteiger partial charge is 0.379 e. The zero-order valence-electron chi connectivity index (χ0n) is 14.3. The van der Waals surface area contributed by atoms with Gasteiger partial charge in [-0.25, -0.2) is 9.97 Å². The molecule has 1 aliphatic carbocycles. The first-order valence-electron chi connectivity index (χ1n) is 8.30. The summed E-state index contributed by atoms with van der Waals surface area (Å²) in [4.78, 5) is 13.3. The van der Waals surface area contributed by atoms with E-state index in [1.54, 1.807) is 18.1 Å². The predicted octanol–water partition coefficient (Wildman–Crippen LogP) is 3.76. The molecule has 4 nitrogen and oxygen atoms in total. The quantitative estimate of drug-likeness (QED) is 0.860. The normalized spacial score (nSPS) is 27.8. The maximum Gasteiger partial charge on any atom is 0.155 e. The Bertz CT molecular complexity index is 815. The van der Waals surface area contributed by atoms with Crippen LogP contribution in [-0.2, 0) is 12.0 Å². The van der Waals surface area contributed by atoms with E-state index in [2.05, 4.69) is 48.9 Å². The van der Waals surface area contributed by atoms with E-state index in [9.17, 15) is 0 Å². The van der Waals surface area contributed by atoms with Gasteiger partial charge in [0.2, 0.25) is 0 Å². The molecule has 24 heavy (non-hydrogen) atoms. The lowest BCUT2D eigenvalue weighted by molar-refractivity contribution is 0.212. The molecule has 2 aliphatic rings. The second kappa shape index (κ2) is 5.31. The molecule has 2 N–H and O–H groups in total. The predicted molar refractivity (Wildman–Crippen MR) is 99.9 cm³/mol. The smallest absolute Gasteiger partial charge is 0.155 e. The van der Waals surface area contributed by atoms with E-state index in [4.69, 9.17) is 10.7 Å². The molecule has 2 atom stereocenters. The Hall–Kier alpha value is -1.88. The topological polar surface area (TPSA) is 64.2 Å². The molecule has 4 rings (SSSR count). The summed E-state index contributed by atoms with van der Waals surface area (Å²) in [5.41, 5.74) is 11.0. The van der Waals surface area contributed by atoms with Gasteiger partial charge < -0.3 is 5.73 Å². The minimum Gasteiger partial charge on any atom is -0.379 e. The SMILES string of the molecule is C[C@H]1SC(N)=NC12CC(C)(C)Cc1ccc(-c3cncnc3)cc12. The van der Waals surface area contributed by atoms with Crippen molar-refractivity contribution in [1.29, 1.82) is 0 Å². The number of benzene rings is 1. The van der Waals surface area contributed by atoms with Crippen LogP contribution >= 0.6 is 11.8 Å². The van der Waals surface area contributed by atoms with Crippen LogP contribution < -0.4 is 5.73 Å². The maximum absolute atomic E-state index is 6.12. The average molecular weight is 338 g/mol. The fourth-order valence-electron chi connectivity index (χ4n) is 4.22. The van der Waals surface area contributed by atoms with Crippen LogP contribution in [-0.4, -0.2) is 20.4 Å². The number of nitrogens with two attached hydrogens (primary N) is 1. The van der Waals surface area contributed by atoms with Crippen molar-refractivity contribution in [3.05, 3.63) is 48.0 Å². The number of hydrogen-bond acceptors (Lipinski definition) is 5. The Labute approximate surface area is 147 Å². The molecule has 0 saturated carbocycles. The first kappa shape index (κ1) is 15.6. The van der Waals surface area contributed by atoms with Gasteiger partial charge in [0, 0.05) is 23.2 Å². The summed E-state index contributed by atoms with van der Waals surface area (Å²) in [7, 11) is 0. The Balaban J connectivity index is 1.91. The van der Waals surface area contributed by atoms with Crippen molar-refractivity contribution in [3.8, 4) is 11.1 Å². The van der Waals surface area contributed by atoms with Gasteiger partial charge in [-0.15, -0.1) is 0 Å². The number of fused-ring (bicyclic) bond motifs is 2. The molecule has 2 heterocycles. The van der Waals surface area contributed by atoms with E-state index >= 15 is 0 Å². The number of hydrogen-bond donors (Lipinski definition) is 1. The van der Waals surface area contributed by atoms with Crippen LogP contribution in [0.15, 0.2) is 41.9 Å². The standard InChI is InChI=1S/C19H22N4S/c1-12-19(23-17(20)24-12)10-18(2,3)7-14-5-4-13(6-16(14)19)15-8-21-11-22-9-15/h4-6,8-9,11-12H,7,10H2,1-3H3,(H2,20,23)/t12-,19?/m1/s1. The molecule has 0 bridgehead atoms. The van der Waals surface area contributed by atoms with Crippen LogP contribution in [0.1, 0.15) is 38.3 Å². The second-order valence-corrected chi connectivity index (χ2v) is 9.01. The van der Waals surface area contributed by atoms with Crippen LogP contribution in [0.25, 0.3) is 11.1 Å². The van der Waals surface area contributed by atoms with Crippen molar-refractivity contribution in [3.63, 3.8) is 0 Å². The molecular formula is C19H22N4S. The molecule has 0 radical (unpaired) electrons. The highest BCUT2D eigenvalue weighted by molar-refractivity contribution is 8.14. The van der Waals surface area contributed by atoms with E-state index in [1.165, 1.54) is 11.1 Å². The third-order valence-electron chi connectivity index (χ3n) is 5.17. The fourth-order valence-corrected chi connectivity index (χ4v) is 5.25. The molecule has 0 saturated heterocycles. The number of aliphatic imine (C=N–C) groups is 1. The molecule has 0 fully saturated rings. The third-order valence-corrected chi connectivity index (χ3v) is 6.24. The van der Waals surface area contributed by atoms with Gasteiger partial charge in [0.1, 0.15) is 11.9 Å². The Morgan fingerprint density at radius 2 is 1.92 bits per heavy atom. The summed E-state index contributed by atoms with van der Waals surface area (Å²) in [6.07, 6.45) is 7.38. The van der Waals surface area contributed by atoms with Crippen LogP contribution in [0.5, 0.6) is 0 Å². The molecule has 2 aromatic rings. The first-order chi connectivity index (χ1) is 11.4. The highest BCUT2D eigenvalue weighted by Gasteiger charge is 2.50. The van der Waals surface area contributed by atoms with Crippen LogP contribution in [0, 0.1) is 5.41 Å². The van der Waals surface area contributed by atoms with Crippen molar-refractivity contribution < 1.29 is 0 Å². The van der Waals surface area contributed by atoms with Gasteiger partial charge in [0.05, 0.1) is 0 Å². The lowest BCUT2D eigenvalue weighted by Gasteiger charge is -2.44. The molecule has 1 spiro atoms. The summed E-state index contributed by atoms with van der Waals surface area (Å²) in [6, 6.07) is 6.70. The summed E-state index contributed by atoms with van der Waals surface area (Å²) >= 11 is 1.69. The monoisotopic (exact) mass is 338 g/mol. The number of amidine groups is 1. The van der Waals surface area contributed by atoms with Gasteiger partial charge in [0.25, 0.3) is 0 Å². The third kappa shape index (κ3) is 2.42. The van der Waals surface area contributed by atoms with Crippen LogP contribution in [0.3, 0.4) is 0 Å². The van der Waals surface area contributed by atoms with Gasteiger partial charge in [-0.3, -0.25) is 4.99 Å². The number of rotatable bonds is 1. The van der Waals surface area contributed by atoms with Gasteiger partial charge in [0.15, 0.2) is 5.17 Å². The van der Waals surface area contributed by atoms with Gasteiger partial charge in [-0.2, -0.15) is 0 Å².